The summed E-state index contributed by atoms with van der Waals surface area (Å²) in [6.45, 7) is 0. The molecule has 0 N–H and O–H groups in total. The monoisotopic (exact) mass is 440 g/mol. The van der Waals surface area contributed by atoms with Gasteiger partial charge in [-0.1, -0.05) is 91.0 Å². The third-order valence-electron chi connectivity index (χ3n) is 6.64. The van der Waals surface area contributed by atoms with Crippen molar-refractivity contribution in [2.45, 2.75) is 0 Å². The second-order valence-corrected chi connectivity index (χ2v) is 8.47. The van der Waals surface area contributed by atoms with Crippen LogP contribution < -0.4 is 9.47 Å². The van der Waals surface area contributed by atoms with Crippen molar-refractivity contribution >= 4 is 32.3 Å². The molecule has 0 saturated heterocycles. The number of fused-ring (bicyclic) bond motifs is 3. The van der Waals surface area contributed by atoms with Crippen molar-refractivity contribution in [2.75, 3.05) is 14.2 Å². The van der Waals surface area contributed by atoms with E-state index in [1.807, 2.05) is 6.07 Å². The van der Waals surface area contributed by atoms with E-state index in [0.29, 0.717) is 0 Å². The topological polar surface area (TPSA) is 18.5 Å². The van der Waals surface area contributed by atoms with E-state index in [9.17, 15) is 0 Å². The highest BCUT2D eigenvalue weighted by Crippen LogP contribution is 2.43. The van der Waals surface area contributed by atoms with Gasteiger partial charge in [0.15, 0.2) is 11.5 Å². The van der Waals surface area contributed by atoms with Crippen molar-refractivity contribution in [3.05, 3.63) is 109 Å². The molecular formula is C32H24O2. The Hall–Kier alpha value is -4.30. The van der Waals surface area contributed by atoms with Crippen LogP contribution in [0, 0.1) is 0 Å². The molecule has 0 aromatic heterocycles. The van der Waals surface area contributed by atoms with Gasteiger partial charge in [0.1, 0.15) is 0 Å². The lowest BCUT2D eigenvalue weighted by molar-refractivity contribution is 0.355. The summed E-state index contributed by atoms with van der Waals surface area (Å²) in [6, 6.07) is 38.9. The van der Waals surface area contributed by atoms with Gasteiger partial charge in [-0.3, -0.25) is 0 Å². The zero-order chi connectivity index (χ0) is 23.1. The van der Waals surface area contributed by atoms with E-state index in [-0.39, 0.29) is 0 Å². The highest BCUT2D eigenvalue weighted by Gasteiger charge is 2.16. The first-order valence-corrected chi connectivity index (χ1v) is 11.4. The third kappa shape index (κ3) is 3.19. The zero-order valence-corrected chi connectivity index (χ0v) is 19.2. The smallest absolute Gasteiger partial charge is 0.161 e. The average molecular weight is 441 g/mol. The quantitative estimate of drug-likeness (QED) is 0.256. The van der Waals surface area contributed by atoms with Gasteiger partial charge in [0.25, 0.3) is 0 Å². The molecular weight excluding hydrogens is 416 g/mol. The number of benzene rings is 6. The van der Waals surface area contributed by atoms with Gasteiger partial charge in [-0.25, -0.2) is 0 Å². The first-order chi connectivity index (χ1) is 16.8. The van der Waals surface area contributed by atoms with E-state index in [1.54, 1.807) is 14.2 Å². The molecule has 0 aliphatic carbocycles. The highest BCUT2D eigenvalue weighted by atomic mass is 16.5. The fourth-order valence-corrected chi connectivity index (χ4v) is 5.10. The summed E-state index contributed by atoms with van der Waals surface area (Å²) in [5.74, 6) is 1.46. The van der Waals surface area contributed by atoms with Gasteiger partial charge in [0.2, 0.25) is 0 Å². The number of hydrogen-bond donors (Lipinski definition) is 0. The van der Waals surface area contributed by atoms with Gasteiger partial charge >= 0.3 is 0 Å². The van der Waals surface area contributed by atoms with E-state index in [2.05, 4.69) is 103 Å². The van der Waals surface area contributed by atoms with Crippen molar-refractivity contribution in [3.63, 3.8) is 0 Å². The van der Waals surface area contributed by atoms with Crippen LogP contribution in [-0.4, -0.2) is 14.2 Å². The van der Waals surface area contributed by atoms with Crippen molar-refractivity contribution in [1.29, 1.82) is 0 Å². The van der Waals surface area contributed by atoms with Crippen LogP contribution in [0.4, 0.5) is 0 Å². The maximum absolute atomic E-state index is 5.62. The summed E-state index contributed by atoms with van der Waals surface area (Å²) >= 11 is 0. The Morgan fingerprint density at radius 2 is 1.06 bits per heavy atom. The second kappa shape index (κ2) is 8.24. The molecule has 0 amide bonds. The average Bonchev–Trinajstić information content (AvgIpc) is 2.90. The van der Waals surface area contributed by atoms with Crippen LogP contribution >= 0.6 is 0 Å². The summed E-state index contributed by atoms with van der Waals surface area (Å²) in [5.41, 5.74) is 4.77. The zero-order valence-electron chi connectivity index (χ0n) is 19.2. The minimum absolute atomic E-state index is 0.727. The lowest BCUT2D eigenvalue weighted by atomic mass is 9.86. The lowest BCUT2D eigenvalue weighted by Gasteiger charge is -2.17. The van der Waals surface area contributed by atoms with Gasteiger partial charge in [0, 0.05) is 0 Å². The molecule has 0 atom stereocenters. The molecule has 0 unspecified atom stereocenters. The minimum Gasteiger partial charge on any atom is -0.493 e. The van der Waals surface area contributed by atoms with E-state index in [4.69, 9.17) is 9.47 Å². The van der Waals surface area contributed by atoms with E-state index < -0.39 is 0 Å². The third-order valence-corrected chi connectivity index (χ3v) is 6.64. The van der Waals surface area contributed by atoms with Crippen LogP contribution in [-0.2, 0) is 0 Å². The molecule has 0 spiro atoms. The van der Waals surface area contributed by atoms with Crippen LogP contribution in [0.1, 0.15) is 0 Å². The van der Waals surface area contributed by atoms with Crippen LogP contribution in [0.3, 0.4) is 0 Å². The maximum atomic E-state index is 5.62. The van der Waals surface area contributed by atoms with Crippen molar-refractivity contribution in [3.8, 4) is 33.8 Å². The second-order valence-electron chi connectivity index (χ2n) is 8.47. The summed E-state index contributed by atoms with van der Waals surface area (Å²) in [4.78, 5) is 0. The SMILES string of the molecule is COc1ccc(-c2cccc3cccc(-c4c5ccccc5cc5ccccc45)c23)cc1OC. The Morgan fingerprint density at radius 1 is 0.471 bits per heavy atom. The first kappa shape index (κ1) is 20.3. The molecule has 0 heterocycles. The Kier molecular flexibility index (Phi) is 4.92. The Bertz CT molecular complexity index is 1620. The predicted octanol–water partition coefficient (Wildman–Crippen LogP) is 8.50. The molecule has 6 aromatic rings. The van der Waals surface area contributed by atoms with Gasteiger partial charge in [0.05, 0.1) is 14.2 Å². The van der Waals surface area contributed by atoms with Gasteiger partial charge < -0.3 is 9.47 Å². The highest BCUT2D eigenvalue weighted by molar-refractivity contribution is 6.19. The van der Waals surface area contributed by atoms with Crippen LogP contribution in [0.2, 0.25) is 0 Å². The number of methoxy groups -OCH3 is 2. The van der Waals surface area contributed by atoms with E-state index >= 15 is 0 Å². The van der Waals surface area contributed by atoms with Crippen LogP contribution in [0.25, 0.3) is 54.6 Å². The molecule has 0 saturated carbocycles. The molecule has 0 bridgehead atoms. The molecule has 6 rings (SSSR count). The molecule has 0 fully saturated rings. The number of hydrogen-bond acceptors (Lipinski definition) is 2. The van der Waals surface area contributed by atoms with Crippen LogP contribution in [0.15, 0.2) is 109 Å². The Morgan fingerprint density at radius 3 is 1.71 bits per heavy atom. The van der Waals surface area contributed by atoms with Crippen molar-refractivity contribution < 1.29 is 9.47 Å². The molecule has 34 heavy (non-hydrogen) atoms. The maximum Gasteiger partial charge on any atom is 0.161 e. The molecule has 6 aromatic carbocycles. The molecule has 0 radical (unpaired) electrons. The van der Waals surface area contributed by atoms with E-state index in [1.165, 1.54) is 49.0 Å². The molecule has 0 aliphatic heterocycles. The van der Waals surface area contributed by atoms with Crippen molar-refractivity contribution in [1.82, 2.24) is 0 Å². The fourth-order valence-electron chi connectivity index (χ4n) is 5.10. The number of ether oxygens (including phenoxy) is 2. The Labute approximate surface area is 199 Å². The van der Waals surface area contributed by atoms with Gasteiger partial charge in [-0.15, -0.1) is 0 Å². The normalized spacial score (nSPS) is 11.2. The van der Waals surface area contributed by atoms with E-state index in [0.717, 1.165) is 17.1 Å². The van der Waals surface area contributed by atoms with Gasteiger partial charge in [-0.05, 0) is 72.8 Å². The summed E-state index contributed by atoms with van der Waals surface area (Å²) in [7, 11) is 3.34. The first-order valence-electron chi connectivity index (χ1n) is 11.4. The lowest BCUT2D eigenvalue weighted by Crippen LogP contribution is -1.92. The number of rotatable bonds is 4. The molecule has 0 aliphatic rings. The summed E-state index contributed by atoms with van der Waals surface area (Å²) < 4.78 is 11.1. The van der Waals surface area contributed by atoms with Crippen LogP contribution in [0.5, 0.6) is 11.5 Å². The molecule has 2 nitrogen and oxygen atoms in total. The molecule has 2 heteroatoms. The predicted molar refractivity (Wildman–Crippen MR) is 143 cm³/mol. The van der Waals surface area contributed by atoms with Crippen molar-refractivity contribution in [2.24, 2.45) is 0 Å². The van der Waals surface area contributed by atoms with Gasteiger partial charge in [-0.2, -0.15) is 0 Å². The standard InChI is InChI=1S/C32H24O2/c1-33-29-18-17-24(20-30(29)34-2)25-15-7-11-21-12-8-16-28(31(21)25)32-26-13-5-3-9-22(26)19-23-10-4-6-14-27(23)32/h3-20H,1-2H3. The fraction of sp³-hybridized carbons (Fsp3) is 0.0625. The minimum atomic E-state index is 0.727. The Balaban J connectivity index is 1.74. The largest absolute Gasteiger partial charge is 0.493 e. The molecule has 164 valence electrons. The summed E-state index contributed by atoms with van der Waals surface area (Å²) in [5, 5.41) is 7.46. The summed E-state index contributed by atoms with van der Waals surface area (Å²) in [6.07, 6.45) is 0.